The number of alkyl halides is 2. The van der Waals surface area contributed by atoms with Gasteiger partial charge >= 0.3 is 12.6 Å². The summed E-state index contributed by atoms with van der Waals surface area (Å²) in [7, 11) is 0. The lowest BCUT2D eigenvalue weighted by molar-refractivity contribution is -0.137. The lowest BCUT2D eigenvalue weighted by Crippen LogP contribution is -2.33. The number of carboxylic acids is 1. The summed E-state index contributed by atoms with van der Waals surface area (Å²) < 4.78 is 28.2. The van der Waals surface area contributed by atoms with Gasteiger partial charge in [-0.15, -0.1) is 0 Å². The predicted octanol–water partition coefficient (Wildman–Crippen LogP) is 2.59. The van der Waals surface area contributed by atoms with Crippen molar-refractivity contribution < 1.29 is 28.2 Å². The first kappa shape index (κ1) is 17.9. The lowest BCUT2D eigenvalue weighted by Gasteiger charge is -2.12. The van der Waals surface area contributed by atoms with Crippen LogP contribution < -0.4 is 10.1 Å². The molecule has 0 aliphatic heterocycles. The highest BCUT2D eigenvalue weighted by molar-refractivity contribution is 5.76. The van der Waals surface area contributed by atoms with Crippen molar-refractivity contribution in [2.24, 2.45) is 0 Å². The van der Waals surface area contributed by atoms with Gasteiger partial charge in [0.25, 0.3) is 0 Å². The van der Waals surface area contributed by atoms with Gasteiger partial charge in [0.15, 0.2) is 0 Å². The molecule has 0 aromatic heterocycles. The number of carboxylic acid groups (broad SMARTS) is 1. The average molecular weight is 315 g/mol. The van der Waals surface area contributed by atoms with E-state index in [-0.39, 0.29) is 30.5 Å². The van der Waals surface area contributed by atoms with Crippen molar-refractivity contribution in [2.45, 2.75) is 45.3 Å². The van der Waals surface area contributed by atoms with Crippen LogP contribution in [0.5, 0.6) is 5.75 Å². The fraction of sp³-hybridized carbons (Fsp3) is 0.467. The zero-order chi connectivity index (χ0) is 16.5. The first-order valence-corrected chi connectivity index (χ1v) is 6.91. The molecule has 0 aliphatic carbocycles. The number of aliphatic carboxylic acids is 1. The Morgan fingerprint density at radius 3 is 2.41 bits per heavy atom. The quantitative estimate of drug-likeness (QED) is 0.734. The summed E-state index contributed by atoms with van der Waals surface area (Å²) in [6.07, 6.45) is 1.09. The van der Waals surface area contributed by atoms with Gasteiger partial charge in [0.1, 0.15) is 5.75 Å². The maximum Gasteiger partial charge on any atom is 0.387 e. The molecule has 0 heterocycles. The summed E-state index contributed by atoms with van der Waals surface area (Å²) >= 11 is 0. The molecule has 1 rings (SSSR count). The van der Waals surface area contributed by atoms with Crippen molar-refractivity contribution >= 4 is 11.9 Å². The Balaban J connectivity index is 2.33. The second kappa shape index (κ2) is 8.96. The van der Waals surface area contributed by atoms with Gasteiger partial charge in [-0.3, -0.25) is 9.59 Å². The van der Waals surface area contributed by atoms with Gasteiger partial charge < -0.3 is 15.2 Å². The number of benzene rings is 1. The standard InChI is InChI=1S/C15H19F2NO4/c1-10(2-9-14(20)21)18-13(19)8-5-11-3-6-12(7-4-11)22-15(16)17/h3-4,6-7,10,15H,2,5,8-9H2,1H3,(H,18,19)(H,20,21). The molecule has 0 aliphatic rings. The molecule has 0 spiro atoms. The van der Waals surface area contributed by atoms with Crippen LogP contribution in [0.2, 0.25) is 0 Å². The van der Waals surface area contributed by atoms with E-state index in [9.17, 15) is 18.4 Å². The van der Waals surface area contributed by atoms with Crippen LogP contribution in [-0.4, -0.2) is 29.6 Å². The molecule has 1 amide bonds. The minimum atomic E-state index is -2.86. The first-order valence-electron chi connectivity index (χ1n) is 6.91. The number of ether oxygens (including phenoxy) is 1. The Morgan fingerprint density at radius 2 is 1.86 bits per heavy atom. The monoisotopic (exact) mass is 315 g/mol. The fourth-order valence-electron chi connectivity index (χ4n) is 1.85. The summed E-state index contributed by atoms with van der Waals surface area (Å²) in [4.78, 5) is 22.1. The third-order valence-corrected chi connectivity index (χ3v) is 2.99. The molecule has 0 radical (unpaired) electrons. The Kier molecular flexibility index (Phi) is 7.28. The fourth-order valence-corrected chi connectivity index (χ4v) is 1.85. The number of nitrogens with one attached hydrogen (secondary N) is 1. The van der Waals surface area contributed by atoms with E-state index in [4.69, 9.17) is 5.11 Å². The van der Waals surface area contributed by atoms with Gasteiger partial charge in [-0.05, 0) is 37.5 Å². The molecule has 2 N–H and O–H groups in total. The normalized spacial score (nSPS) is 12.0. The maximum atomic E-state index is 12.0. The number of hydrogen-bond acceptors (Lipinski definition) is 3. The molecule has 1 atom stereocenters. The van der Waals surface area contributed by atoms with Crippen LogP contribution in [0.25, 0.3) is 0 Å². The van der Waals surface area contributed by atoms with Gasteiger partial charge in [0, 0.05) is 18.9 Å². The van der Waals surface area contributed by atoms with Crippen molar-refractivity contribution in [2.75, 3.05) is 0 Å². The minimum absolute atomic E-state index is 0.00699. The van der Waals surface area contributed by atoms with Crippen molar-refractivity contribution in [1.82, 2.24) is 5.32 Å². The topological polar surface area (TPSA) is 75.6 Å². The molecule has 0 saturated heterocycles. The highest BCUT2D eigenvalue weighted by Crippen LogP contribution is 2.15. The van der Waals surface area contributed by atoms with Gasteiger partial charge in [0.2, 0.25) is 5.91 Å². The molecule has 122 valence electrons. The Morgan fingerprint density at radius 1 is 1.23 bits per heavy atom. The zero-order valence-electron chi connectivity index (χ0n) is 12.2. The van der Waals surface area contributed by atoms with E-state index < -0.39 is 12.6 Å². The van der Waals surface area contributed by atoms with Crippen molar-refractivity contribution in [3.63, 3.8) is 0 Å². The van der Waals surface area contributed by atoms with Gasteiger partial charge in [-0.1, -0.05) is 12.1 Å². The van der Waals surface area contributed by atoms with Gasteiger partial charge in [-0.2, -0.15) is 8.78 Å². The second-order valence-electron chi connectivity index (χ2n) is 4.92. The van der Waals surface area contributed by atoms with Crippen molar-refractivity contribution in [3.05, 3.63) is 29.8 Å². The molecule has 1 aromatic carbocycles. The van der Waals surface area contributed by atoms with E-state index in [0.29, 0.717) is 12.8 Å². The summed E-state index contributed by atoms with van der Waals surface area (Å²) in [6, 6.07) is 5.90. The Hall–Kier alpha value is -2.18. The summed E-state index contributed by atoms with van der Waals surface area (Å²) in [5, 5.41) is 11.3. The van der Waals surface area contributed by atoms with Crippen LogP contribution in [0.3, 0.4) is 0 Å². The van der Waals surface area contributed by atoms with Gasteiger partial charge in [0.05, 0.1) is 0 Å². The largest absolute Gasteiger partial charge is 0.481 e. The second-order valence-corrected chi connectivity index (χ2v) is 4.92. The lowest BCUT2D eigenvalue weighted by atomic mass is 10.1. The number of carbonyl (C=O) groups is 2. The highest BCUT2D eigenvalue weighted by Gasteiger charge is 2.09. The van der Waals surface area contributed by atoms with E-state index in [1.54, 1.807) is 19.1 Å². The van der Waals surface area contributed by atoms with Crippen LogP contribution in [-0.2, 0) is 16.0 Å². The number of halogens is 2. The zero-order valence-corrected chi connectivity index (χ0v) is 12.2. The summed E-state index contributed by atoms with van der Waals surface area (Å²) in [5.41, 5.74) is 0.829. The van der Waals surface area contributed by atoms with Crippen LogP contribution in [0.15, 0.2) is 24.3 Å². The van der Waals surface area contributed by atoms with Crippen molar-refractivity contribution in [3.8, 4) is 5.75 Å². The average Bonchev–Trinajstić information content (AvgIpc) is 2.44. The van der Waals surface area contributed by atoms with Crippen molar-refractivity contribution in [1.29, 1.82) is 0 Å². The highest BCUT2D eigenvalue weighted by atomic mass is 19.3. The van der Waals surface area contributed by atoms with Crippen LogP contribution in [0.4, 0.5) is 8.78 Å². The first-order chi connectivity index (χ1) is 10.4. The summed E-state index contributed by atoms with van der Waals surface area (Å²) in [6.45, 7) is -1.11. The van der Waals surface area contributed by atoms with Crippen LogP contribution in [0.1, 0.15) is 31.7 Å². The van der Waals surface area contributed by atoms with Gasteiger partial charge in [-0.25, -0.2) is 0 Å². The molecule has 5 nitrogen and oxygen atoms in total. The molecular weight excluding hydrogens is 296 g/mol. The van der Waals surface area contributed by atoms with Crippen LogP contribution >= 0.6 is 0 Å². The molecular formula is C15H19F2NO4. The van der Waals surface area contributed by atoms with E-state index in [0.717, 1.165) is 5.56 Å². The number of hydrogen-bond donors (Lipinski definition) is 2. The molecule has 7 heteroatoms. The van der Waals surface area contributed by atoms with E-state index >= 15 is 0 Å². The van der Waals surface area contributed by atoms with E-state index in [2.05, 4.69) is 10.1 Å². The molecule has 0 bridgehead atoms. The molecule has 0 fully saturated rings. The van der Waals surface area contributed by atoms with E-state index in [1.807, 2.05) is 0 Å². The number of carbonyl (C=O) groups excluding carboxylic acids is 1. The Labute approximate surface area is 127 Å². The minimum Gasteiger partial charge on any atom is -0.481 e. The SMILES string of the molecule is CC(CCC(=O)O)NC(=O)CCc1ccc(OC(F)F)cc1. The smallest absolute Gasteiger partial charge is 0.387 e. The molecule has 1 unspecified atom stereocenters. The van der Waals surface area contributed by atoms with Crippen LogP contribution in [0, 0.1) is 0 Å². The number of rotatable bonds is 9. The number of aryl methyl sites for hydroxylation is 1. The number of amides is 1. The Bertz CT molecular complexity index is 491. The molecule has 1 aromatic rings. The predicted molar refractivity (Wildman–Crippen MR) is 75.9 cm³/mol. The third-order valence-electron chi connectivity index (χ3n) is 2.99. The molecule has 22 heavy (non-hydrogen) atoms. The summed E-state index contributed by atoms with van der Waals surface area (Å²) in [5.74, 6) is -0.997. The molecule has 0 saturated carbocycles. The van der Waals surface area contributed by atoms with E-state index in [1.165, 1.54) is 12.1 Å². The third kappa shape index (κ3) is 7.56. The maximum absolute atomic E-state index is 12.0.